The molecule has 0 aromatic heterocycles. The first kappa shape index (κ1) is 18.6. The minimum atomic E-state index is -0.751. The number of rotatable bonds is 9. The van der Waals surface area contributed by atoms with Crippen molar-refractivity contribution in [2.45, 2.75) is 38.1 Å². The van der Waals surface area contributed by atoms with E-state index in [1.54, 1.807) is 7.11 Å². The van der Waals surface area contributed by atoms with Gasteiger partial charge in [-0.3, -0.25) is 4.79 Å². The third-order valence-corrected chi connectivity index (χ3v) is 4.80. The van der Waals surface area contributed by atoms with Crippen LogP contribution >= 0.6 is 15.9 Å². The van der Waals surface area contributed by atoms with Gasteiger partial charge in [-0.05, 0) is 46.5 Å². The number of nitrogens with zero attached hydrogens (tertiary/aromatic N) is 1. The van der Waals surface area contributed by atoms with Crippen LogP contribution in [0.1, 0.15) is 43.7 Å². The van der Waals surface area contributed by atoms with E-state index in [9.17, 15) is 9.59 Å². The fourth-order valence-corrected chi connectivity index (χ4v) is 3.45. The van der Waals surface area contributed by atoms with Gasteiger partial charge in [-0.2, -0.15) is 0 Å². The number of unbranched alkanes of at least 4 members (excludes halogenated alkanes) is 3. The van der Waals surface area contributed by atoms with E-state index < -0.39 is 5.97 Å². The number of ether oxygens (including phenoxy) is 1. The second-order valence-corrected chi connectivity index (χ2v) is 6.70. The molecule has 2 amide bonds. The second-order valence-electron chi connectivity index (χ2n) is 5.85. The number of hydrogen-bond acceptors (Lipinski definition) is 3. The molecule has 1 aromatic rings. The van der Waals surface area contributed by atoms with Gasteiger partial charge in [0.15, 0.2) is 0 Å². The van der Waals surface area contributed by atoms with Gasteiger partial charge in [-0.15, -0.1) is 0 Å². The van der Waals surface area contributed by atoms with Crippen molar-refractivity contribution in [3.05, 3.63) is 28.2 Å². The van der Waals surface area contributed by atoms with Crippen molar-refractivity contribution in [1.29, 1.82) is 0 Å². The first-order valence-corrected chi connectivity index (χ1v) is 8.92. The van der Waals surface area contributed by atoms with Gasteiger partial charge in [-0.25, -0.2) is 4.79 Å². The molecule has 24 heavy (non-hydrogen) atoms. The molecule has 1 unspecified atom stereocenters. The number of benzene rings is 1. The molecule has 1 fully saturated rings. The number of carboxylic acid groups (broad SMARTS) is 1. The Kier molecular flexibility index (Phi) is 6.90. The van der Waals surface area contributed by atoms with Gasteiger partial charge in [-0.1, -0.05) is 18.9 Å². The molecule has 1 saturated heterocycles. The Balaban J connectivity index is 1.89. The lowest BCUT2D eigenvalue weighted by Crippen LogP contribution is -2.30. The maximum absolute atomic E-state index is 12.1. The van der Waals surface area contributed by atoms with E-state index in [1.165, 1.54) is 0 Å². The van der Waals surface area contributed by atoms with E-state index in [-0.39, 0.29) is 18.5 Å². The summed E-state index contributed by atoms with van der Waals surface area (Å²) >= 11 is 3.49. The number of methoxy groups -OCH3 is 1. The predicted molar refractivity (Wildman–Crippen MR) is 94.3 cm³/mol. The van der Waals surface area contributed by atoms with Gasteiger partial charge in [0.25, 0.3) is 0 Å². The van der Waals surface area contributed by atoms with Gasteiger partial charge in [0, 0.05) is 19.5 Å². The highest BCUT2D eigenvalue weighted by Gasteiger charge is 2.31. The van der Waals surface area contributed by atoms with E-state index in [0.29, 0.717) is 19.5 Å². The summed E-state index contributed by atoms with van der Waals surface area (Å²) in [6.45, 7) is 1.27. The molecular weight excluding hydrogens is 376 g/mol. The topological polar surface area (TPSA) is 78.9 Å². The predicted octanol–water partition coefficient (Wildman–Crippen LogP) is 3.56. The van der Waals surface area contributed by atoms with Crippen molar-refractivity contribution in [3.63, 3.8) is 0 Å². The van der Waals surface area contributed by atoms with Crippen molar-refractivity contribution in [1.82, 2.24) is 10.2 Å². The van der Waals surface area contributed by atoms with Crippen LogP contribution in [0.3, 0.4) is 0 Å². The van der Waals surface area contributed by atoms with Crippen LogP contribution in [0.5, 0.6) is 5.75 Å². The number of nitrogens with one attached hydrogen (secondary N) is 1. The van der Waals surface area contributed by atoms with Crippen LogP contribution in [0.4, 0.5) is 4.79 Å². The zero-order valence-electron chi connectivity index (χ0n) is 13.8. The molecule has 2 N–H and O–H groups in total. The number of urea groups is 1. The molecule has 0 aliphatic carbocycles. The summed E-state index contributed by atoms with van der Waals surface area (Å²) in [5.41, 5.74) is 1.06. The SMILES string of the molecule is COc1ccc(C2CNC(=O)N2CCCCCCC(=O)O)cc1Br. The maximum Gasteiger partial charge on any atom is 0.318 e. The maximum atomic E-state index is 12.1. The van der Waals surface area contributed by atoms with Crippen LogP contribution in [-0.2, 0) is 4.79 Å². The van der Waals surface area contributed by atoms with Crippen LogP contribution in [-0.4, -0.2) is 42.2 Å². The molecule has 1 aliphatic heterocycles. The standard InChI is InChI=1S/C17H23BrN2O4/c1-24-15-8-7-12(10-13(15)18)14-11-19-17(23)20(14)9-5-3-2-4-6-16(21)22/h7-8,10,14H,2-6,9,11H2,1H3,(H,19,23)(H,21,22). The minimum Gasteiger partial charge on any atom is -0.496 e. The molecule has 1 aliphatic rings. The minimum absolute atomic E-state index is 0.0127. The van der Waals surface area contributed by atoms with E-state index in [0.717, 1.165) is 35.0 Å². The van der Waals surface area contributed by atoms with Crippen LogP contribution in [0.2, 0.25) is 0 Å². The van der Waals surface area contributed by atoms with Crippen molar-refractivity contribution in [2.75, 3.05) is 20.2 Å². The molecule has 1 aromatic carbocycles. The van der Waals surface area contributed by atoms with Crippen molar-refractivity contribution < 1.29 is 19.4 Å². The number of carbonyl (C=O) groups excluding carboxylic acids is 1. The average molecular weight is 399 g/mol. The fraction of sp³-hybridized carbons (Fsp3) is 0.529. The Hall–Kier alpha value is -1.76. The van der Waals surface area contributed by atoms with Crippen molar-refractivity contribution in [3.8, 4) is 5.75 Å². The summed E-state index contributed by atoms with van der Waals surface area (Å²) in [5, 5.41) is 11.5. The summed E-state index contributed by atoms with van der Waals surface area (Å²) in [4.78, 5) is 24.4. The molecular formula is C17H23BrN2O4. The normalized spacial score (nSPS) is 17.0. The van der Waals surface area contributed by atoms with Crippen LogP contribution in [0, 0.1) is 0 Å². The van der Waals surface area contributed by atoms with E-state index in [4.69, 9.17) is 9.84 Å². The highest BCUT2D eigenvalue weighted by Crippen LogP contribution is 2.32. The molecule has 2 rings (SSSR count). The average Bonchev–Trinajstić information content (AvgIpc) is 2.91. The summed E-state index contributed by atoms with van der Waals surface area (Å²) < 4.78 is 6.12. The number of amides is 2. The second kappa shape index (κ2) is 8.92. The smallest absolute Gasteiger partial charge is 0.318 e. The zero-order valence-corrected chi connectivity index (χ0v) is 15.3. The number of carbonyl (C=O) groups is 2. The molecule has 6 nitrogen and oxygen atoms in total. The Labute approximate surface area is 150 Å². The molecule has 7 heteroatoms. The molecule has 0 spiro atoms. The Morgan fingerprint density at radius 3 is 2.79 bits per heavy atom. The van der Waals surface area contributed by atoms with Crippen LogP contribution in [0.15, 0.2) is 22.7 Å². The third-order valence-electron chi connectivity index (χ3n) is 4.18. The third kappa shape index (κ3) is 4.87. The molecule has 0 bridgehead atoms. The Morgan fingerprint density at radius 1 is 1.38 bits per heavy atom. The Morgan fingerprint density at radius 2 is 2.12 bits per heavy atom. The summed E-state index contributed by atoms with van der Waals surface area (Å²) in [5.74, 6) is 0.0140. The molecule has 0 saturated carbocycles. The Bertz CT molecular complexity index is 594. The quantitative estimate of drug-likeness (QED) is 0.623. The number of aliphatic carboxylic acids is 1. The van der Waals surface area contributed by atoms with Crippen molar-refractivity contribution in [2.24, 2.45) is 0 Å². The summed E-state index contributed by atoms with van der Waals surface area (Å²) in [6, 6.07) is 5.83. The first-order chi connectivity index (χ1) is 11.5. The van der Waals surface area contributed by atoms with E-state index in [2.05, 4.69) is 21.2 Å². The van der Waals surface area contributed by atoms with Gasteiger partial charge >= 0.3 is 12.0 Å². The number of carboxylic acids is 1. The monoisotopic (exact) mass is 398 g/mol. The molecule has 0 radical (unpaired) electrons. The lowest BCUT2D eigenvalue weighted by molar-refractivity contribution is -0.137. The zero-order chi connectivity index (χ0) is 17.5. The highest BCUT2D eigenvalue weighted by molar-refractivity contribution is 9.10. The lowest BCUT2D eigenvalue weighted by Gasteiger charge is -2.24. The number of halogens is 1. The largest absolute Gasteiger partial charge is 0.496 e. The van der Waals surface area contributed by atoms with Crippen LogP contribution < -0.4 is 10.1 Å². The van der Waals surface area contributed by atoms with Crippen molar-refractivity contribution >= 4 is 27.9 Å². The van der Waals surface area contributed by atoms with Crippen LogP contribution in [0.25, 0.3) is 0 Å². The summed E-state index contributed by atoms with van der Waals surface area (Å²) in [7, 11) is 1.62. The lowest BCUT2D eigenvalue weighted by atomic mass is 10.1. The molecule has 1 atom stereocenters. The van der Waals surface area contributed by atoms with Gasteiger partial charge in [0.2, 0.25) is 0 Å². The highest BCUT2D eigenvalue weighted by atomic mass is 79.9. The van der Waals surface area contributed by atoms with E-state index in [1.807, 2.05) is 23.1 Å². The van der Waals surface area contributed by atoms with Gasteiger partial charge in [0.05, 0.1) is 17.6 Å². The van der Waals surface area contributed by atoms with E-state index >= 15 is 0 Å². The number of hydrogen-bond donors (Lipinski definition) is 2. The van der Waals surface area contributed by atoms with Gasteiger partial charge in [0.1, 0.15) is 5.75 Å². The fourth-order valence-electron chi connectivity index (χ4n) is 2.89. The first-order valence-electron chi connectivity index (χ1n) is 8.12. The van der Waals surface area contributed by atoms with Gasteiger partial charge < -0.3 is 20.1 Å². The molecule has 132 valence electrons. The summed E-state index contributed by atoms with van der Waals surface area (Å²) in [6.07, 6.45) is 3.58. The molecule has 1 heterocycles.